The second kappa shape index (κ2) is 6.43. The molecule has 1 amide bonds. The Hall–Kier alpha value is -1.70. The highest BCUT2D eigenvalue weighted by Crippen LogP contribution is 2.23. The fourth-order valence-corrected chi connectivity index (χ4v) is 4.21. The molecule has 23 heavy (non-hydrogen) atoms. The van der Waals surface area contributed by atoms with Gasteiger partial charge in [-0.3, -0.25) is 14.8 Å². The van der Waals surface area contributed by atoms with Gasteiger partial charge < -0.3 is 10.6 Å². The summed E-state index contributed by atoms with van der Waals surface area (Å²) in [7, 11) is 0. The normalized spacial score (nSPS) is 17.6. The Kier molecular flexibility index (Phi) is 4.15. The van der Waals surface area contributed by atoms with Crippen molar-refractivity contribution >= 4 is 17.2 Å². The molecule has 122 valence electrons. The van der Waals surface area contributed by atoms with Gasteiger partial charge in [0.15, 0.2) is 5.69 Å². The molecule has 0 bridgehead atoms. The number of H-pyrrole nitrogens is 1. The number of fused-ring (bicyclic) bond motifs is 2. The average molecular weight is 331 g/mol. The van der Waals surface area contributed by atoms with Gasteiger partial charge in [-0.2, -0.15) is 5.10 Å². The van der Waals surface area contributed by atoms with Gasteiger partial charge in [0.1, 0.15) is 0 Å². The van der Waals surface area contributed by atoms with E-state index in [0.29, 0.717) is 12.2 Å². The second-order valence-electron chi connectivity index (χ2n) is 6.11. The highest BCUT2D eigenvalue weighted by Gasteiger charge is 2.22. The monoisotopic (exact) mass is 331 g/mol. The first-order valence-corrected chi connectivity index (χ1v) is 9.02. The number of carbonyl (C=O) groups is 1. The lowest BCUT2D eigenvalue weighted by atomic mass is 10.1. The zero-order valence-corrected chi connectivity index (χ0v) is 13.8. The number of hydrogen-bond donors (Lipinski definition) is 3. The largest absolute Gasteiger partial charge is 0.349 e. The number of amides is 1. The molecule has 0 aromatic carbocycles. The summed E-state index contributed by atoms with van der Waals surface area (Å²) in [5.41, 5.74) is 4.11. The number of carbonyl (C=O) groups excluding carboxylic acids is 1. The zero-order chi connectivity index (χ0) is 15.6. The van der Waals surface area contributed by atoms with Crippen LogP contribution in [0.5, 0.6) is 0 Å². The van der Waals surface area contributed by atoms with Gasteiger partial charge in [-0.05, 0) is 23.4 Å². The molecule has 4 rings (SSSR count). The first kappa shape index (κ1) is 14.9. The third kappa shape index (κ3) is 3.04. The van der Waals surface area contributed by atoms with Gasteiger partial charge in [0.25, 0.3) is 5.91 Å². The minimum atomic E-state index is -0.0700. The summed E-state index contributed by atoms with van der Waals surface area (Å²) in [4.78, 5) is 16.3. The van der Waals surface area contributed by atoms with Crippen LogP contribution >= 0.6 is 11.3 Å². The van der Waals surface area contributed by atoms with Crippen LogP contribution in [0.25, 0.3) is 0 Å². The number of nitrogens with one attached hydrogen (secondary N) is 3. The lowest BCUT2D eigenvalue weighted by molar-refractivity contribution is 0.0941. The number of thiophene rings is 1. The Bertz CT molecular complexity index is 707. The highest BCUT2D eigenvalue weighted by atomic mass is 32.1. The van der Waals surface area contributed by atoms with Gasteiger partial charge >= 0.3 is 0 Å². The fraction of sp³-hybridized carbons (Fsp3) is 0.500. The predicted octanol–water partition coefficient (Wildman–Crippen LogP) is 0.905. The minimum absolute atomic E-state index is 0.0700. The zero-order valence-electron chi connectivity index (χ0n) is 13.0. The molecule has 2 aromatic heterocycles. The third-order valence-corrected chi connectivity index (χ3v) is 5.64. The van der Waals surface area contributed by atoms with Crippen LogP contribution < -0.4 is 10.6 Å². The lowest BCUT2D eigenvalue weighted by Crippen LogP contribution is -2.38. The number of aromatic amines is 1. The summed E-state index contributed by atoms with van der Waals surface area (Å²) in [6.07, 6.45) is 2.03. The van der Waals surface area contributed by atoms with E-state index in [4.69, 9.17) is 0 Å². The number of hydrogen-bond acceptors (Lipinski definition) is 5. The van der Waals surface area contributed by atoms with Gasteiger partial charge in [-0.25, -0.2) is 0 Å². The van der Waals surface area contributed by atoms with Crippen LogP contribution in [-0.2, 0) is 25.9 Å². The number of aromatic nitrogens is 2. The molecule has 2 aliphatic heterocycles. The molecule has 2 aromatic rings. The summed E-state index contributed by atoms with van der Waals surface area (Å²) in [6.45, 7) is 5.28. The molecule has 0 fully saturated rings. The average Bonchev–Trinajstić information content (AvgIpc) is 3.21. The molecule has 7 heteroatoms. The van der Waals surface area contributed by atoms with E-state index in [1.807, 2.05) is 11.3 Å². The molecule has 3 N–H and O–H groups in total. The topological polar surface area (TPSA) is 73.0 Å². The third-order valence-electron chi connectivity index (χ3n) is 4.62. The Labute approximate surface area is 139 Å². The van der Waals surface area contributed by atoms with E-state index in [2.05, 4.69) is 37.2 Å². The second-order valence-corrected chi connectivity index (χ2v) is 7.11. The van der Waals surface area contributed by atoms with Gasteiger partial charge in [0, 0.05) is 61.8 Å². The maximum atomic E-state index is 12.3. The van der Waals surface area contributed by atoms with Gasteiger partial charge in [-0.15, -0.1) is 11.3 Å². The van der Waals surface area contributed by atoms with Gasteiger partial charge in [0.2, 0.25) is 0 Å². The fourth-order valence-electron chi connectivity index (χ4n) is 3.32. The van der Waals surface area contributed by atoms with Crippen molar-refractivity contribution in [2.45, 2.75) is 25.9 Å². The molecule has 4 heterocycles. The van der Waals surface area contributed by atoms with E-state index in [-0.39, 0.29) is 5.91 Å². The van der Waals surface area contributed by atoms with E-state index in [0.717, 1.165) is 56.8 Å². The molecule has 0 atom stereocenters. The summed E-state index contributed by atoms with van der Waals surface area (Å²) in [6, 6.07) is 2.22. The van der Waals surface area contributed by atoms with Crippen molar-refractivity contribution in [2.75, 3.05) is 26.2 Å². The summed E-state index contributed by atoms with van der Waals surface area (Å²) >= 11 is 1.85. The SMILES string of the molecule is O=C(NCCN1CCc2sccc2C1)c1n[nH]c2c1CNCC2. The van der Waals surface area contributed by atoms with Crippen LogP contribution in [0.1, 0.15) is 32.2 Å². The molecule has 6 nitrogen and oxygen atoms in total. The van der Waals surface area contributed by atoms with Crippen LogP contribution in [0.3, 0.4) is 0 Å². The van der Waals surface area contributed by atoms with Crippen LogP contribution in [0, 0.1) is 0 Å². The molecule has 0 aliphatic carbocycles. The molecule has 0 saturated carbocycles. The van der Waals surface area contributed by atoms with E-state index < -0.39 is 0 Å². The Morgan fingerprint density at radius 2 is 2.39 bits per heavy atom. The quantitative estimate of drug-likeness (QED) is 0.778. The van der Waals surface area contributed by atoms with Crippen LogP contribution in [-0.4, -0.2) is 47.2 Å². The van der Waals surface area contributed by atoms with E-state index >= 15 is 0 Å². The first-order valence-electron chi connectivity index (χ1n) is 8.14. The van der Waals surface area contributed by atoms with Crippen molar-refractivity contribution in [3.05, 3.63) is 38.8 Å². The molecular formula is C16H21N5OS. The Balaban J connectivity index is 1.30. The van der Waals surface area contributed by atoms with Crippen molar-refractivity contribution in [3.63, 3.8) is 0 Å². The highest BCUT2D eigenvalue weighted by molar-refractivity contribution is 7.10. The lowest BCUT2D eigenvalue weighted by Gasteiger charge is -2.26. The molecule has 0 radical (unpaired) electrons. The molecule has 0 unspecified atom stereocenters. The minimum Gasteiger partial charge on any atom is -0.349 e. The predicted molar refractivity (Wildman–Crippen MR) is 89.6 cm³/mol. The van der Waals surface area contributed by atoms with Crippen molar-refractivity contribution < 1.29 is 4.79 Å². The maximum Gasteiger partial charge on any atom is 0.272 e. The standard InChI is InChI=1S/C16H21N5OS/c22-16(15-12-9-17-4-1-13(12)19-20-15)18-5-7-21-6-2-14-11(10-21)3-8-23-14/h3,8,17H,1-2,4-7,9-10H2,(H,18,22)(H,19,20). The van der Waals surface area contributed by atoms with E-state index in [1.165, 1.54) is 10.4 Å². The molecule has 0 spiro atoms. The van der Waals surface area contributed by atoms with E-state index in [9.17, 15) is 4.79 Å². The number of rotatable bonds is 4. The smallest absolute Gasteiger partial charge is 0.272 e. The van der Waals surface area contributed by atoms with Crippen LogP contribution in [0.15, 0.2) is 11.4 Å². The van der Waals surface area contributed by atoms with Crippen molar-refractivity contribution in [3.8, 4) is 0 Å². The maximum absolute atomic E-state index is 12.3. The van der Waals surface area contributed by atoms with Crippen LogP contribution in [0.4, 0.5) is 0 Å². The van der Waals surface area contributed by atoms with Crippen molar-refractivity contribution in [1.82, 2.24) is 25.7 Å². The van der Waals surface area contributed by atoms with Gasteiger partial charge in [0.05, 0.1) is 0 Å². The summed E-state index contributed by atoms with van der Waals surface area (Å²) in [5.74, 6) is -0.0700. The molecular weight excluding hydrogens is 310 g/mol. The molecule has 0 saturated heterocycles. The first-order chi connectivity index (χ1) is 11.3. The van der Waals surface area contributed by atoms with Crippen molar-refractivity contribution in [1.29, 1.82) is 0 Å². The Morgan fingerprint density at radius 3 is 3.35 bits per heavy atom. The number of nitrogens with zero attached hydrogens (tertiary/aromatic N) is 2. The summed E-state index contributed by atoms with van der Waals surface area (Å²) < 4.78 is 0. The van der Waals surface area contributed by atoms with Crippen LogP contribution in [0.2, 0.25) is 0 Å². The van der Waals surface area contributed by atoms with Crippen molar-refractivity contribution in [2.24, 2.45) is 0 Å². The van der Waals surface area contributed by atoms with Gasteiger partial charge in [-0.1, -0.05) is 0 Å². The summed E-state index contributed by atoms with van der Waals surface area (Å²) in [5, 5.41) is 15.7. The molecule has 2 aliphatic rings. The Morgan fingerprint density at radius 1 is 1.43 bits per heavy atom. The van der Waals surface area contributed by atoms with E-state index in [1.54, 1.807) is 0 Å².